The molecule has 2 aromatic rings. The second-order valence-corrected chi connectivity index (χ2v) is 4.84. The van der Waals surface area contributed by atoms with Crippen molar-refractivity contribution in [1.29, 1.82) is 0 Å². The van der Waals surface area contributed by atoms with Crippen molar-refractivity contribution in [2.24, 2.45) is 0 Å². The van der Waals surface area contributed by atoms with Crippen molar-refractivity contribution in [2.45, 2.75) is 25.8 Å². The number of carbonyl (C=O) groups excluding carboxylic acids is 1. The third kappa shape index (κ3) is 4.06. The molecular weight excluding hydrogens is 252 g/mol. The first-order valence-corrected chi connectivity index (χ1v) is 7.12. The molecule has 0 fully saturated rings. The maximum absolute atomic E-state index is 11.5. The van der Waals surface area contributed by atoms with Gasteiger partial charge in [-0.05, 0) is 38.6 Å². The van der Waals surface area contributed by atoms with E-state index in [9.17, 15) is 4.79 Å². The molecule has 2 N–H and O–H groups in total. The molecule has 108 valence electrons. The molecule has 1 amide bonds. The van der Waals surface area contributed by atoms with Crippen LogP contribution in [0.4, 0.5) is 0 Å². The largest absolute Gasteiger partial charge is 0.356 e. The number of aromatic nitrogens is 2. The number of aryl methyl sites for hydroxylation is 1. The zero-order valence-corrected chi connectivity index (χ0v) is 11.9. The van der Waals surface area contributed by atoms with Gasteiger partial charge in [0.15, 0.2) is 0 Å². The predicted molar refractivity (Wildman–Crippen MR) is 80.5 cm³/mol. The Morgan fingerprint density at radius 3 is 2.95 bits per heavy atom. The van der Waals surface area contributed by atoms with Gasteiger partial charge in [-0.1, -0.05) is 12.1 Å². The molecule has 1 aromatic heterocycles. The average molecular weight is 274 g/mol. The highest BCUT2D eigenvalue weighted by molar-refractivity contribution is 5.76. The van der Waals surface area contributed by atoms with Gasteiger partial charge < -0.3 is 15.2 Å². The molecule has 0 radical (unpaired) electrons. The van der Waals surface area contributed by atoms with Crippen molar-refractivity contribution in [3.8, 4) is 0 Å². The second kappa shape index (κ2) is 7.65. The lowest BCUT2D eigenvalue weighted by molar-refractivity contribution is -0.121. The van der Waals surface area contributed by atoms with Crippen molar-refractivity contribution >= 4 is 16.9 Å². The Bertz CT molecular complexity index is 550. The Morgan fingerprint density at radius 2 is 2.10 bits per heavy atom. The Morgan fingerprint density at radius 1 is 1.25 bits per heavy atom. The molecule has 0 unspecified atom stereocenters. The van der Waals surface area contributed by atoms with Gasteiger partial charge >= 0.3 is 0 Å². The second-order valence-electron chi connectivity index (χ2n) is 4.84. The zero-order chi connectivity index (χ0) is 14.2. The van der Waals surface area contributed by atoms with Crippen LogP contribution in [-0.4, -0.2) is 35.6 Å². The first kappa shape index (κ1) is 14.5. The first-order chi connectivity index (χ1) is 9.81. The van der Waals surface area contributed by atoms with Crippen LogP contribution in [0, 0.1) is 0 Å². The summed E-state index contributed by atoms with van der Waals surface area (Å²) in [6.07, 6.45) is 4.25. The van der Waals surface area contributed by atoms with Crippen molar-refractivity contribution in [2.75, 3.05) is 20.1 Å². The van der Waals surface area contributed by atoms with E-state index in [0.717, 1.165) is 37.0 Å². The lowest BCUT2D eigenvalue weighted by atomic mass is 10.3. The van der Waals surface area contributed by atoms with Crippen LogP contribution >= 0.6 is 0 Å². The van der Waals surface area contributed by atoms with Crippen LogP contribution in [0.25, 0.3) is 11.0 Å². The van der Waals surface area contributed by atoms with Crippen molar-refractivity contribution in [1.82, 2.24) is 20.2 Å². The van der Waals surface area contributed by atoms with E-state index < -0.39 is 0 Å². The van der Waals surface area contributed by atoms with Crippen molar-refractivity contribution in [3.63, 3.8) is 0 Å². The van der Waals surface area contributed by atoms with E-state index in [-0.39, 0.29) is 5.91 Å². The minimum absolute atomic E-state index is 0.135. The third-order valence-corrected chi connectivity index (χ3v) is 3.26. The number of hydrogen-bond acceptors (Lipinski definition) is 3. The Kier molecular flexibility index (Phi) is 5.55. The number of para-hydroxylation sites is 2. The maximum Gasteiger partial charge on any atom is 0.220 e. The molecule has 0 saturated heterocycles. The number of benzene rings is 1. The highest BCUT2D eigenvalue weighted by Crippen LogP contribution is 2.11. The van der Waals surface area contributed by atoms with Crippen LogP contribution < -0.4 is 10.6 Å². The van der Waals surface area contributed by atoms with Crippen LogP contribution in [0.3, 0.4) is 0 Å². The van der Waals surface area contributed by atoms with E-state index in [1.807, 2.05) is 31.6 Å². The standard InChI is InChI=1S/C15H22N4O/c1-16-9-4-8-15(20)17-10-5-11-19-12-18-13-6-2-3-7-14(13)19/h2-3,6-7,12,16H,4-5,8-11H2,1H3,(H,17,20). The molecule has 1 heterocycles. The lowest BCUT2D eigenvalue weighted by Crippen LogP contribution is -2.25. The number of fused-ring (bicyclic) bond motifs is 1. The van der Waals surface area contributed by atoms with Gasteiger partial charge in [0.25, 0.3) is 0 Å². The van der Waals surface area contributed by atoms with E-state index in [1.54, 1.807) is 0 Å². The number of amides is 1. The molecule has 2 rings (SSSR count). The summed E-state index contributed by atoms with van der Waals surface area (Å²) in [5, 5.41) is 5.99. The molecule has 20 heavy (non-hydrogen) atoms. The van der Waals surface area contributed by atoms with Crippen molar-refractivity contribution < 1.29 is 4.79 Å². The molecule has 0 saturated carbocycles. The minimum atomic E-state index is 0.135. The number of nitrogens with zero attached hydrogens (tertiary/aromatic N) is 2. The van der Waals surface area contributed by atoms with Crippen LogP contribution in [0.5, 0.6) is 0 Å². The molecule has 1 aromatic carbocycles. The summed E-state index contributed by atoms with van der Waals surface area (Å²) in [7, 11) is 1.90. The fourth-order valence-electron chi connectivity index (χ4n) is 2.18. The fraction of sp³-hybridized carbons (Fsp3) is 0.467. The number of rotatable bonds is 8. The Balaban J connectivity index is 1.70. The van der Waals surface area contributed by atoms with E-state index in [4.69, 9.17) is 0 Å². The van der Waals surface area contributed by atoms with Gasteiger partial charge in [0.1, 0.15) is 0 Å². The first-order valence-electron chi connectivity index (χ1n) is 7.12. The van der Waals surface area contributed by atoms with Gasteiger partial charge in [-0.25, -0.2) is 4.98 Å². The monoisotopic (exact) mass is 274 g/mol. The summed E-state index contributed by atoms with van der Waals surface area (Å²) in [6.45, 7) is 2.47. The summed E-state index contributed by atoms with van der Waals surface area (Å²) in [5.74, 6) is 0.135. The summed E-state index contributed by atoms with van der Waals surface area (Å²) < 4.78 is 2.13. The van der Waals surface area contributed by atoms with E-state index in [0.29, 0.717) is 13.0 Å². The zero-order valence-electron chi connectivity index (χ0n) is 11.9. The number of carbonyl (C=O) groups is 1. The summed E-state index contributed by atoms with van der Waals surface area (Å²) in [4.78, 5) is 15.9. The van der Waals surface area contributed by atoms with E-state index in [1.165, 1.54) is 0 Å². The van der Waals surface area contributed by atoms with Crippen LogP contribution in [0.1, 0.15) is 19.3 Å². The molecule has 0 aliphatic rings. The van der Waals surface area contributed by atoms with Gasteiger partial charge in [-0.2, -0.15) is 0 Å². The smallest absolute Gasteiger partial charge is 0.220 e. The molecule has 0 spiro atoms. The highest BCUT2D eigenvalue weighted by atomic mass is 16.1. The number of imidazole rings is 1. The Labute approximate surface area is 119 Å². The molecule has 0 aliphatic heterocycles. The predicted octanol–water partition coefficient (Wildman–Crippen LogP) is 1.54. The van der Waals surface area contributed by atoms with Gasteiger partial charge in [-0.3, -0.25) is 4.79 Å². The summed E-state index contributed by atoms with van der Waals surface area (Å²) >= 11 is 0. The molecule has 5 heteroatoms. The lowest BCUT2D eigenvalue weighted by Gasteiger charge is -2.06. The quantitative estimate of drug-likeness (QED) is 0.718. The summed E-state index contributed by atoms with van der Waals surface area (Å²) in [5.41, 5.74) is 2.16. The molecule has 5 nitrogen and oxygen atoms in total. The molecule has 0 bridgehead atoms. The van der Waals surface area contributed by atoms with Gasteiger partial charge in [0, 0.05) is 19.5 Å². The SMILES string of the molecule is CNCCCC(=O)NCCCn1cnc2ccccc21. The molecule has 0 aliphatic carbocycles. The normalized spacial score (nSPS) is 10.8. The number of hydrogen-bond donors (Lipinski definition) is 2. The third-order valence-electron chi connectivity index (χ3n) is 3.26. The van der Waals surface area contributed by atoms with Crippen LogP contribution in [0.15, 0.2) is 30.6 Å². The van der Waals surface area contributed by atoms with Gasteiger partial charge in [-0.15, -0.1) is 0 Å². The Hall–Kier alpha value is -1.88. The van der Waals surface area contributed by atoms with Crippen molar-refractivity contribution in [3.05, 3.63) is 30.6 Å². The van der Waals surface area contributed by atoms with Gasteiger partial charge in [0.2, 0.25) is 5.91 Å². The van der Waals surface area contributed by atoms with Crippen LogP contribution in [0.2, 0.25) is 0 Å². The minimum Gasteiger partial charge on any atom is -0.356 e. The van der Waals surface area contributed by atoms with Crippen LogP contribution in [-0.2, 0) is 11.3 Å². The number of nitrogens with one attached hydrogen (secondary N) is 2. The molecule has 0 atom stereocenters. The fourth-order valence-corrected chi connectivity index (χ4v) is 2.18. The highest BCUT2D eigenvalue weighted by Gasteiger charge is 2.02. The van der Waals surface area contributed by atoms with E-state index in [2.05, 4.69) is 26.3 Å². The average Bonchev–Trinajstić information content (AvgIpc) is 2.87. The topological polar surface area (TPSA) is 59.0 Å². The van der Waals surface area contributed by atoms with Gasteiger partial charge in [0.05, 0.1) is 17.4 Å². The maximum atomic E-state index is 11.5. The molecular formula is C15H22N4O. The van der Waals surface area contributed by atoms with E-state index >= 15 is 0 Å². The summed E-state index contributed by atoms with van der Waals surface area (Å²) in [6, 6.07) is 8.09.